The quantitative estimate of drug-likeness (QED) is 0.337. The molecule has 0 amide bonds. The van der Waals surface area contributed by atoms with Crippen molar-refractivity contribution in [2.75, 3.05) is 6.54 Å². The number of halogens is 1. The molecule has 0 atom stereocenters. The number of para-hydroxylation sites is 1. The fraction of sp³-hybridized carbons (Fsp3) is 0.115. The van der Waals surface area contributed by atoms with Crippen LogP contribution in [-0.2, 0) is 6.42 Å². The van der Waals surface area contributed by atoms with Crippen LogP contribution in [0.1, 0.15) is 18.1 Å². The van der Waals surface area contributed by atoms with Crippen LogP contribution in [0.25, 0.3) is 26.6 Å². The first-order chi connectivity index (χ1) is 16.1. The fourth-order valence-corrected chi connectivity index (χ4v) is 4.69. The number of nitrogens with one attached hydrogen (secondary N) is 1. The molecule has 2 heterocycles. The van der Waals surface area contributed by atoms with Gasteiger partial charge in [0.2, 0.25) is 5.13 Å². The average Bonchev–Trinajstić information content (AvgIpc) is 3.42. The van der Waals surface area contributed by atoms with Gasteiger partial charge in [-0.2, -0.15) is 4.68 Å². The largest absolute Gasteiger partial charge is 0.289 e. The van der Waals surface area contributed by atoms with E-state index in [9.17, 15) is 9.18 Å². The van der Waals surface area contributed by atoms with Gasteiger partial charge in [0.25, 0.3) is 5.56 Å². The number of thiazole rings is 1. The van der Waals surface area contributed by atoms with Crippen molar-refractivity contribution in [1.82, 2.24) is 14.8 Å². The van der Waals surface area contributed by atoms with Crippen LogP contribution < -0.4 is 5.56 Å². The Bertz CT molecular complexity index is 1460. The zero-order valence-corrected chi connectivity index (χ0v) is 18.8. The van der Waals surface area contributed by atoms with E-state index in [1.165, 1.54) is 28.2 Å². The number of hydrogen-bond donors (Lipinski definition) is 1. The molecule has 7 heteroatoms. The number of aliphatic imine (C=N–C) groups is 1. The van der Waals surface area contributed by atoms with Crippen LogP contribution in [0.15, 0.2) is 88.6 Å². The third kappa shape index (κ3) is 4.27. The highest BCUT2D eigenvalue weighted by molar-refractivity contribution is 7.20. The van der Waals surface area contributed by atoms with E-state index in [0.717, 1.165) is 21.3 Å². The SMILES string of the molecule is CC(=NCCc1ccc(F)cc1)c1c(-c2ccccc2)[nH]n(-c2nc3ccccc3s2)c1=O. The van der Waals surface area contributed by atoms with Gasteiger partial charge in [-0.3, -0.25) is 14.9 Å². The minimum absolute atomic E-state index is 0.184. The normalized spacial score (nSPS) is 11.9. The Morgan fingerprint density at radius 2 is 1.76 bits per heavy atom. The first-order valence-corrected chi connectivity index (χ1v) is 11.4. The average molecular weight is 457 g/mol. The van der Waals surface area contributed by atoms with E-state index in [1.807, 2.05) is 61.5 Å². The molecule has 0 bridgehead atoms. The summed E-state index contributed by atoms with van der Waals surface area (Å²) in [7, 11) is 0. The molecule has 0 saturated carbocycles. The Kier molecular flexibility index (Phi) is 5.71. The van der Waals surface area contributed by atoms with Crippen LogP contribution in [0, 0.1) is 5.82 Å². The lowest BCUT2D eigenvalue weighted by Crippen LogP contribution is -2.19. The third-order valence-electron chi connectivity index (χ3n) is 5.45. The summed E-state index contributed by atoms with van der Waals surface area (Å²) in [4.78, 5) is 22.8. The van der Waals surface area contributed by atoms with Crippen LogP contribution in [0.4, 0.5) is 4.39 Å². The highest BCUT2D eigenvalue weighted by Crippen LogP contribution is 2.26. The fourth-order valence-electron chi connectivity index (χ4n) is 3.76. The maximum Gasteiger partial charge on any atom is 0.283 e. The molecule has 33 heavy (non-hydrogen) atoms. The lowest BCUT2D eigenvalue weighted by molar-refractivity contribution is 0.627. The van der Waals surface area contributed by atoms with E-state index in [0.29, 0.717) is 35.1 Å². The number of hydrogen-bond acceptors (Lipinski definition) is 4. The van der Waals surface area contributed by atoms with Gasteiger partial charge in [0.1, 0.15) is 5.82 Å². The standard InChI is InChI=1S/C26H21FN4OS/c1-17(28-16-15-18-11-13-20(27)14-12-18)23-24(19-7-3-2-4-8-19)30-31(25(23)32)26-29-21-9-5-6-10-22(21)33-26/h2-14,30H,15-16H2,1H3. The second-order valence-corrected chi connectivity index (χ2v) is 8.69. The van der Waals surface area contributed by atoms with Crippen LogP contribution in [0.5, 0.6) is 0 Å². The number of aromatic amines is 1. The Morgan fingerprint density at radius 3 is 2.52 bits per heavy atom. The zero-order valence-electron chi connectivity index (χ0n) is 18.0. The summed E-state index contributed by atoms with van der Waals surface area (Å²) in [6.45, 7) is 2.35. The lowest BCUT2D eigenvalue weighted by Gasteiger charge is -2.03. The predicted molar refractivity (Wildman–Crippen MR) is 132 cm³/mol. The van der Waals surface area contributed by atoms with Gasteiger partial charge in [0, 0.05) is 17.8 Å². The zero-order chi connectivity index (χ0) is 22.8. The second kappa shape index (κ2) is 8.96. The molecule has 0 aliphatic carbocycles. The lowest BCUT2D eigenvalue weighted by atomic mass is 10.1. The molecule has 0 spiro atoms. The molecule has 0 aliphatic heterocycles. The monoisotopic (exact) mass is 456 g/mol. The first-order valence-electron chi connectivity index (χ1n) is 10.6. The van der Waals surface area contributed by atoms with Gasteiger partial charge in [-0.15, -0.1) is 0 Å². The Labute approximate surface area is 193 Å². The smallest absolute Gasteiger partial charge is 0.283 e. The van der Waals surface area contributed by atoms with E-state index in [1.54, 1.807) is 12.1 Å². The molecule has 5 rings (SSSR count). The van der Waals surface area contributed by atoms with Gasteiger partial charge in [-0.05, 0) is 43.2 Å². The van der Waals surface area contributed by atoms with Gasteiger partial charge >= 0.3 is 0 Å². The molecule has 0 unspecified atom stereocenters. The molecule has 5 aromatic rings. The van der Waals surface area contributed by atoms with Crippen molar-refractivity contribution >= 4 is 27.3 Å². The third-order valence-corrected chi connectivity index (χ3v) is 6.47. The minimum Gasteiger partial charge on any atom is -0.289 e. The van der Waals surface area contributed by atoms with Gasteiger partial charge in [0.15, 0.2) is 0 Å². The summed E-state index contributed by atoms with van der Waals surface area (Å²) in [5.74, 6) is -0.256. The molecule has 0 saturated heterocycles. The van der Waals surface area contributed by atoms with Crippen molar-refractivity contribution in [3.8, 4) is 16.4 Å². The number of nitrogens with zero attached hydrogens (tertiary/aromatic N) is 3. The molecule has 1 N–H and O–H groups in total. The summed E-state index contributed by atoms with van der Waals surface area (Å²) in [5, 5.41) is 3.86. The number of fused-ring (bicyclic) bond motifs is 1. The predicted octanol–water partition coefficient (Wildman–Crippen LogP) is 5.63. The van der Waals surface area contributed by atoms with Crippen LogP contribution in [0.2, 0.25) is 0 Å². The summed E-state index contributed by atoms with van der Waals surface area (Å²) in [6, 6.07) is 24.0. The number of rotatable bonds is 6. The van der Waals surface area contributed by atoms with E-state index < -0.39 is 0 Å². The van der Waals surface area contributed by atoms with Gasteiger partial charge < -0.3 is 0 Å². The maximum atomic E-state index is 13.5. The topological polar surface area (TPSA) is 63.0 Å². The van der Waals surface area contributed by atoms with Gasteiger partial charge in [-0.1, -0.05) is 65.9 Å². The summed E-state index contributed by atoms with van der Waals surface area (Å²) >= 11 is 1.46. The van der Waals surface area contributed by atoms with Crippen molar-refractivity contribution in [2.45, 2.75) is 13.3 Å². The van der Waals surface area contributed by atoms with Crippen molar-refractivity contribution in [2.24, 2.45) is 4.99 Å². The summed E-state index contributed by atoms with van der Waals surface area (Å²) in [5.41, 5.74) is 4.46. The highest BCUT2D eigenvalue weighted by Gasteiger charge is 2.20. The van der Waals surface area contributed by atoms with Crippen molar-refractivity contribution in [3.63, 3.8) is 0 Å². The molecular formula is C26H21FN4OS. The summed E-state index contributed by atoms with van der Waals surface area (Å²) in [6.07, 6.45) is 0.661. The second-order valence-electron chi connectivity index (χ2n) is 7.68. The van der Waals surface area contributed by atoms with Gasteiger partial charge in [0.05, 0.1) is 21.5 Å². The van der Waals surface area contributed by atoms with Crippen LogP contribution in [-0.4, -0.2) is 27.0 Å². The molecule has 5 nitrogen and oxygen atoms in total. The van der Waals surface area contributed by atoms with E-state index in [2.05, 4.69) is 15.1 Å². The van der Waals surface area contributed by atoms with Crippen molar-refractivity contribution in [1.29, 1.82) is 0 Å². The molecule has 0 aliphatic rings. The maximum absolute atomic E-state index is 13.5. The Morgan fingerprint density at radius 1 is 1.03 bits per heavy atom. The number of aromatic nitrogens is 3. The molecule has 2 aromatic heterocycles. The highest BCUT2D eigenvalue weighted by atomic mass is 32.1. The van der Waals surface area contributed by atoms with E-state index in [-0.39, 0.29) is 11.4 Å². The number of benzene rings is 3. The van der Waals surface area contributed by atoms with E-state index >= 15 is 0 Å². The summed E-state index contributed by atoms with van der Waals surface area (Å²) < 4.78 is 15.7. The molecule has 0 fully saturated rings. The van der Waals surface area contributed by atoms with Crippen LogP contribution in [0.3, 0.4) is 0 Å². The Balaban J connectivity index is 1.54. The first kappa shape index (κ1) is 21.0. The van der Waals surface area contributed by atoms with Crippen molar-refractivity contribution in [3.05, 3.63) is 106 Å². The van der Waals surface area contributed by atoms with E-state index in [4.69, 9.17) is 0 Å². The molecule has 3 aromatic carbocycles. The Hall–Kier alpha value is -3.84. The minimum atomic E-state index is -0.256. The molecule has 0 radical (unpaired) electrons. The number of H-pyrrole nitrogens is 1. The molecule has 164 valence electrons. The van der Waals surface area contributed by atoms with Crippen molar-refractivity contribution < 1.29 is 4.39 Å². The van der Waals surface area contributed by atoms with Crippen LogP contribution >= 0.6 is 11.3 Å². The molecular weight excluding hydrogens is 435 g/mol. The van der Waals surface area contributed by atoms with Gasteiger partial charge in [-0.25, -0.2) is 9.37 Å².